The zero-order chi connectivity index (χ0) is 12.5. The van der Waals surface area contributed by atoms with E-state index in [-0.39, 0.29) is 6.07 Å². The topological polar surface area (TPSA) is 93.3 Å². The van der Waals surface area contributed by atoms with Crippen LogP contribution < -0.4 is 0 Å². The van der Waals surface area contributed by atoms with Crippen LogP contribution in [0.15, 0.2) is 6.07 Å². The van der Waals surface area contributed by atoms with Crippen LogP contribution in [0.4, 0.5) is 19.0 Å². The van der Waals surface area contributed by atoms with Crippen molar-refractivity contribution >= 4 is 11.8 Å². The lowest BCUT2D eigenvalue weighted by molar-refractivity contribution is -0.390. The van der Waals surface area contributed by atoms with Gasteiger partial charge in [0, 0.05) is 11.6 Å². The Morgan fingerprint density at radius 2 is 2.12 bits per heavy atom. The molecule has 0 atom stereocenters. The largest absolute Gasteiger partial charge is 0.477 e. The molecule has 0 aliphatic heterocycles. The molecule has 0 aromatic carbocycles. The summed E-state index contributed by atoms with van der Waals surface area (Å²) < 4.78 is 37.6. The van der Waals surface area contributed by atoms with Gasteiger partial charge in [-0.15, -0.1) is 0 Å². The third-order valence-electron chi connectivity index (χ3n) is 1.63. The number of carboxylic acid groups (broad SMARTS) is 1. The Balaban J connectivity index is 3.51. The van der Waals surface area contributed by atoms with Crippen LogP contribution >= 0.6 is 0 Å². The van der Waals surface area contributed by atoms with E-state index in [1.165, 1.54) is 0 Å². The van der Waals surface area contributed by atoms with Gasteiger partial charge in [0.05, 0.1) is 0 Å². The van der Waals surface area contributed by atoms with Crippen molar-refractivity contribution in [3.05, 3.63) is 33.3 Å². The number of alkyl halides is 2. The van der Waals surface area contributed by atoms with Gasteiger partial charge in [-0.25, -0.2) is 13.6 Å². The predicted molar refractivity (Wildman–Crippen MR) is 42.8 cm³/mol. The number of carboxylic acids is 1. The molecule has 0 aliphatic rings. The van der Waals surface area contributed by atoms with Crippen LogP contribution in [0.3, 0.4) is 0 Å². The molecule has 1 rings (SSSR count). The third kappa shape index (κ3) is 2.07. The van der Waals surface area contributed by atoms with Gasteiger partial charge in [-0.3, -0.25) is 0 Å². The molecule has 0 amide bonds. The van der Waals surface area contributed by atoms with Gasteiger partial charge in [0.15, 0.2) is 0 Å². The summed E-state index contributed by atoms with van der Waals surface area (Å²) >= 11 is 0. The summed E-state index contributed by atoms with van der Waals surface area (Å²) in [4.78, 5) is 22.1. The van der Waals surface area contributed by atoms with E-state index in [1.54, 1.807) is 0 Å². The summed E-state index contributed by atoms with van der Waals surface area (Å²) in [6, 6.07) is 0.233. The molecule has 0 saturated carbocycles. The first-order chi connectivity index (χ1) is 7.34. The summed E-state index contributed by atoms with van der Waals surface area (Å²) in [7, 11) is 0. The van der Waals surface area contributed by atoms with Gasteiger partial charge in [0.1, 0.15) is 5.56 Å². The molecule has 0 saturated heterocycles. The van der Waals surface area contributed by atoms with Crippen molar-refractivity contribution in [1.82, 2.24) is 4.98 Å². The zero-order valence-corrected chi connectivity index (χ0v) is 7.35. The van der Waals surface area contributed by atoms with Gasteiger partial charge in [-0.1, -0.05) is 0 Å². The monoisotopic (exact) mass is 236 g/mol. The SMILES string of the molecule is O=C(O)c1c(C(F)F)cc([N+](=O)[O-])nc1F. The molecule has 0 bridgehead atoms. The molecule has 1 aromatic rings. The molecule has 0 radical (unpaired) electrons. The average Bonchev–Trinajstić information content (AvgIpc) is 2.15. The summed E-state index contributed by atoms with van der Waals surface area (Å²) in [5.74, 6) is -4.94. The quantitative estimate of drug-likeness (QED) is 0.490. The molecule has 1 heterocycles. The lowest BCUT2D eigenvalue weighted by Crippen LogP contribution is -2.10. The van der Waals surface area contributed by atoms with Crippen molar-refractivity contribution < 1.29 is 28.0 Å². The van der Waals surface area contributed by atoms with Crippen molar-refractivity contribution in [2.45, 2.75) is 6.43 Å². The van der Waals surface area contributed by atoms with E-state index in [0.717, 1.165) is 0 Å². The lowest BCUT2D eigenvalue weighted by Gasteiger charge is -2.03. The first-order valence-electron chi connectivity index (χ1n) is 3.71. The van der Waals surface area contributed by atoms with Crippen LogP contribution in [-0.4, -0.2) is 21.0 Å². The molecular formula is C7H3F3N2O4. The minimum absolute atomic E-state index is 0.233. The Kier molecular flexibility index (Phi) is 3.06. The van der Waals surface area contributed by atoms with Crippen molar-refractivity contribution in [3.63, 3.8) is 0 Å². The molecule has 1 N–H and O–H groups in total. The van der Waals surface area contributed by atoms with Crippen molar-refractivity contribution in [2.24, 2.45) is 0 Å². The summed E-state index contributed by atoms with van der Waals surface area (Å²) in [6.45, 7) is 0. The predicted octanol–water partition coefficient (Wildman–Crippen LogP) is 1.76. The van der Waals surface area contributed by atoms with Gasteiger partial charge in [0.25, 0.3) is 6.43 Å². The number of aromatic nitrogens is 1. The standard InChI is InChI=1S/C7H3F3N2O4/c8-5(9)2-1-3(12(15)16)11-6(10)4(2)7(13)14/h1,5H,(H,13,14). The van der Waals surface area contributed by atoms with Crippen LogP contribution in [0, 0.1) is 16.1 Å². The first kappa shape index (κ1) is 11.9. The van der Waals surface area contributed by atoms with Crippen LogP contribution in [-0.2, 0) is 0 Å². The number of nitrogens with zero attached hydrogens (tertiary/aromatic N) is 2. The Labute approximate surface area is 85.5 Å². The van der Waals surface area contributed by atoms with Crippen molar-refractivity contribution in [2.75, 3.05) is 0 Å². The minimum atomic E-state index is -3.35. The maximum absolute atomic E-state index is 13.0. The molecule has 9 heteroatoms. The van der Waals surface area contributed by atoms with E-state index in [2.05, 4.69) is 4.98 Å². The maximum atomic E-state index is 13.0. The molecule has 16 heavy (non-hydrogen) atoms. The number of rotatable bonds is 3. The zero-order valence-electron chi connectivity index (χ0n) is 7.35. The minimum Gasteiger partial charge on any atom is -0.477 e. The summed E-state index contributed by atoms with van der Waals surface area (Å²) in [6.07, 6.45) is -3.35. The van der Waals surface area contributed by atoms with E-state index in [9.17, 15) is 28.1 Å². The highest BCUT2D eigenvalue weighted by atomic mass is 19.3. The number of carbonyl (C=O) groups is 1. The fourth-order valence-corrected chi connectivity index (χ4v) is 0.996. The van der Waals surface area contributed by atoms with E-state index in [4.69, 9.17) is 5.11 Å². The first-order valence-corrected chi connectivity index (χ1v) is 3.71. The Hall–Kier alpha value is -2.19. The van der Waals surface area contributed by atoms with Gasteiger partial charge < -0.3 is 15.2 Å². The fraction of sp³-hybridized carbons (Fsp3) is 0.143. The number of hydrogen-bond acceptors (Lipinski definition) is 4. The molecule has 0 spiro atoms. The Morgan fingerprint density at radius 3 is 2.50 bits per heavy atom. The van der Waals surface area contributed by atoms with E-state index in [0.29, 0.717) is 0 Å². The molecule has 6 nitrogen and oxygen atoms in total. The summed E-state index contributed by atoms with van der Waals surface area (Å²) in [5.41, 5.74) is -2.63. The van der Waals surface area contributed by atoms with Crippen LogP contribution in [0.2, 0.25) is 0 Å². The molecule has 1 aromatic heterocycles. The van der Waals surface area contributed by atoms with Gasteiger partial charge in [0.2, 0.25) is 0 Å². The second kappa shape index (κ2) is 4.13. The smallest absolute Gasteiger partial charge is 0.367 e. The average molecular weight is 236 g/mol. The molecular weight excluding hydrogens is 233 g/mol. The number of nitro groups is 1. The van der Waals surface area contributed by atoms with Crippen molar-refractivity contribution in [1.29, 1.82) is 0 Å². The van der Waals surface area contributed by atoms with Crippen molar-refractivity contribution in [3.8, 4) is 0 Å². The lowest BCUT2D eigenvalue weighted by atomic mass is 10.1. The van der Waals surface area contributed by atoms with Gasteiger partial charge in [-0.2, -0.15) is 4.39 Å². The molecule has 0 fully saturated rings. The normalized spacial score (nSPS) is 10.5. The maximum Gasteiger partial charge on any atom is 0.367 e. The van der Waals surface area contributed by atoms with E-state index >= 15 is 0 Å². The highest BCUT2D eigenvalue weighted by molar-refractivity contribution is 5.89. The number of hydrogen-bond donors (Lipinski definition) is 1. The highest BCUT2D eigenvalue weighted by Gasteiger charge is 2.29. The number of pyridine rings is 1. The van der Waals surface area contributed by atoms with Gasteiger partial charge in [-0.05, 0) is 9.91 Å². The van der Waals surface area contributed by atoms with Crippen LogP contribution in [0.5, 0.6) is 0 Å². The molecule has 86 valence electrons. The van der Waals surface area contributed by atoms with E-state index < -0.39 is 40.2 Å². The third-order valence-corrected chi connectivity index (χ3v) is 1.63. The Morgan fingerprint density at radius 1 is 1.56 bits per heavy atom. The van der Waals surface area contributed by atoms with Gasteiger partial charge >= 0.3 is 17.7 Å². The fourth-order valence-electron chi connectivity index (χ4n) is 0.996. The molecule has 0 unspecified atom stereocenters. The number of halogens is 3. The van der Waals surface area contributed by atoms with Crippen LogP contribution in [0.25, 0.3) is 0 Å². The summed E-state index contributed by atoms with van der Waals surface area (Å²) in [5, 5.41) is 18.6. The number of aromatic carboxylic acids is 1. The molecule has 0 aliphatic carbocycles. The second-order valence-corrected chi connectivity index (χ2v) is 2.60. The van der Waals surface area contributed by atoms with E-state index in [1.807, 2.05) is 0 Å². The van der Waals surface area contributed by atoms with Crippen LogP contribution in [0.1, 0.15) is 22.3 Å². The Bertz CT molecular complexity index is 463. The second-order valence-electron chi connectivity index (χ2n) is 2.60. The highest BCUT2D eigenvalue weighted by Crippen LogP contribution is 2.27.